The second kappa shape index (κ2) is 6.20. The van der Waals surface area contributed by atoms with Crippen LogP contribution in [0.4, 0.5) is 0 Å². The van der Waals surface area contributed by atoms with E-state index in [2.05, 4.69) is 38.1 Å². The summed E-state index contributed by atoms with van der Waals surface area (Å²) in [6.45, 7) is 4.09. The first-order valence-corrected chi connectivity index (χ1v) is 8.44. The maximum Gasteiger partial charge on any atom is 0.258 e. The number of likely N-dealkylation sites (tertiary alicyclic amines) is 1. The van der Waals surface area contributed by atoms with Crippen LogP contribution in [0.1, 0.15) is 43.2 Å². The van der Waals surface area contributed by atoms with Crippen LogP contribution in [0.2, 0.25) is 0 Å². The molecular weight excluding hydrogens is 302 g/mol. The Bertz CT molecular complexity index is 878. The third-order valence-corrected chi connectivity index (χ3v) is 5.07. The summed E-state index contributed by atoms with van der Waals surface area (Å²) in [6.07, 6.45) is 3.99. The molecule has 0 amide bonds. The van der Waals surface area contributed by atoms with Gasteiger partial charge in [0.05, 0.1) is 16.9 Å². The first-order valence-electron chi connectivity index (χ1n) is 8.44. The van der Waals surface area contributed by atoms with Gasteiger partial charge in [-0.05, 0) is 51.1 Å². The minimum Gasteiger partial charge on any atom is -0.309 e. The molecule has 1 unspecified atom stereocenters. The Kier molecular flexibility index (Phi) is 3.90. The normalized spacial score (nSPS) is 18.0. The van der Waals surface area contributed by atoms with Crippen molar-refractivity contribution in [2.45, 2.75) is 31.7 Å². The van der Waals surface area contributed by atoms with Gasteiger partial charge in [0.2, 0.25) is 0 Å². The lowest BCUT2D eigenvalue weighted by Gasteiger charge is -2.35. The molecule has 1 aliphatic rings. The van der Waals surface area contributed by atoms with Gasteiger partial charge >= 0.3 is 0 Å². The fraction of sp³-hybridized carbons (Fsp3) is 0.389. The number of nitrogens with zero attached hydrogens (tertiary/aromatic N) is 3. The van der Waals surface area contributed by atoms with Gasteiger partial charge in [0.1, 0.15) is 5.82 Å². The van der Waals surface area contributed by atoms with E-state index in [1.165, 1.54) is 5.69 Å². The predicted molar refractivity (Wildman–Crippen MR) is 92.9 cm³/mol. The Morgan fingerprint density at radius 1 is 1.21 bits per heavy atom. The summed E-state index contributed by atoms with van der Waals surface area (Å²) in [5, 5.41) is 7.78. The summed E-state index contributed by atoms with van der Waals surface area (Å²) in [7, 11) is 0. The third-order valence-electron chi connectivity index (χ3n) is 5.07. The van der Waals surface area contributed by atoms with E-state index in [0.29, 0.717) is 11.3 Å². The van der Waals surface area contributed by atoms with E-state index in [9.17, 15) is 4.79 Å². The Balaban J connectivity index is 1.52. The van der Waals surface area contributed by atoms with E-state index in [1.54, 1.807) is 0 Å². The number of nitrogens with one attached hydrogen (secondary N) is 2. The van der Waals surface area contributed by atoms with Crippen molar-refractivity contribution in [1.29, 1.82) is 0 Å². The highest BCUT2D eigenvalue weighted by atomic mass is 16.1. The van der Waals surface area contributed by atoms with E-state index in [-0.39, 0.29) is 11.6 Å². The zero-order chi connectivity index (χ0) is 16.5. The Morgan fingerprint density at radius 2 is 2.00 bits per heavy atom. The molecule has 1 fully saturated rings. The summed E-state index contributed by atoms with van der Waals surface area (Å²) in [6, 6.07) is 9.65. The highest BCUT2D eigenvalue weighted by molar-refractivity contribution is 5.77. The molecule has 0 saturated carbocycles. The van der Waals surface area contributed by atoms with Crippen molar-refractivity contribution >= 4 is 10.9 Å². The van der Waals surface area contributed by atoms with Crippen molar-refractivity contribution in [2.75, 3.05) is 13.1 Å². The summed E-state index contributed by atoms with van der Waals surface area (Å²) < 4.78 is 0. The number of H-pyrrole nitrogens is 2. The number of benzene rings is 1. The van der Waals surface area contributed by atoms with Gasteiger partial charge in [0.15, 0.2) is 0 Å². The number of para-hydroxylation sites is 1. The molecule has 3 heterocycles. The number of piperidine rings is 1. The number of hydrogen-bond donors (Lipinski definition) is 2. The van der Waals surface area contributed by atoms with Crippen molar-refractivity contribution in [3.63, 3.8) is 0 Å². The zero-order valence-electron chi connectivity index (χ0n) is 13.7. The van der Waals surface area contributed by atoms with Crippen LogP contribution in [-0.4, -0.2) is 38.2 Å². The van der Waals surface area contributed by atoms with Crippen LogP contribution in [0.5, 0.6) is 0 Å². The molecule has 1 saturated heterocycles. The average Bonchev–Trinajstić information content (AvgIpc) is 3.16. The van der Waals surface area contributed by atoms with Crippen LogP contribution >= 0.6 is 0 Å². The Hall–Kier alpha value is -2.47. The second-order valence-electron chi connectivity index (χ2n) is 6.47. The summed E-state index contributed by atoms with van der Waals surface area (Å²) in [5.41, 5.74) is 1.92. The standard InChI is InChI=1S/C18H21N5O/c1-12(17-20-16-5-3-2-4-14(16)18(24)21-17)23-10-7-13(8-11-23)15-6-9-19-22-15/h2-6,9,12-13H,7-8,10-11H2,1H3,(H,19,22)(H,20,21,24). The van der Waals surface area contributed by atoms with E-state index in [4.69, 9.17) is 0 Å². The SMILES string of the molecule is CC(c1nc2ccccc2c(=O)[nH]1)N1CCC(c2ccn[nH]2)CC1. The first-order chi connectivity index (χ1) is 11.7. The summed E-state index contributed by atoms with van der Waals surface area (Å²) in [4.78, 5) is 22.3. The van der Waals surface area contributed by atoms with Crippen molar-refractivity contribution in [1.82, 2.24) is 25.1 Å². The summed E-state index contributed by atoms with van der Waals surface area (Å²) in [5.74, 6) is 1.29. The van der Waals surface area contributed by atoms with Crippen LogP contribution < -0.4 is 5.56 Å². The number of rotatable bonds is 3. The summed E-state index contributed by atoms with van der Waals surface area (Å²) >= 11 is 0. The van der Waals surface area contributed by atoms with Gasteiger partial charge in [-0.2, -0.15) is 5.10 Å². The second-order valence-corrected chi connectivity index (χ2v) is 6.47. The molecule has 0 radical (unpaired) electrons. The van der Waals surface area contributed by atoms with Crippen molar-refractivity contribution < 1.29 is 0 Å². The molecule has 124 valence electrons. The maximum atomic E-state index is 12.3. The van der Waals surface area contributed by atoms with Crippen LogP contribution in [0.25, 0.3) is 10.9 Å². The number of fused-ring (bicyclic) bond motifs is 1. The first kappa shape index (κ1) is 15.1. The lowest BCUT2D eigenvalue weighted by molar-refractivity contribution is 0.156. The van der Waals surface area contributed by atoms with Crippen molar-refractivity contribution in [3.8, 4) is 0 Å². The van der Waals surface area contributed by atoms with Gasteiger partial charge in [-0.1, -0.05) is 12.1 Å². The third kappa shape index (κ3) is 2.73. The molecule has 1 atom stereocenters. The van der Waals surface area contributed by atoms with Gasteiger partial charge in [0.25, 0.3) is 5.56 Å². The maximum absolute atomic E-state index is 12.3. The fourth-order valence-corrected chi connectivity index (χ4v) is 3.57. The van der Waals surface area contributed by atoms with Gasteiger partial charge in [-0.25, -0.2) is 4.98 Å². The van der Waals surface area contributed by atoms with E-state index in [1.807, 2.05) is 30.5 Å². The minimum absolute atomic E-state index is 0.0604. The lowest BCUT2D eigenvalue weighted by Crippen LogP contribution is -2.36. The van der Waals surface area contributed by atoms with Crippen molar-refractivity contribution in [3.05, 3.63) is 58.4 Å². The largest absolute Gasteiger partial charge is 0.309 e. The van der Waals surface area contributed by atoms with E-state index >= 15 is 0 Å². The molecule has 6 nitrogen and oxygen atoms in total. The smallest absolute Gasteiger partial charge is 0.258 e. The molecular formula is C18H21N5O. The molecule has 6 heteroatoms. The zero-order valence-corrected chi connectivity index (χ0v) is 13.7. The Labute approximate surface area is 139 Å². The van der Waals surface area contributed by atoms with Crippen molar-refractivity contribution in [2.24, 2.45) is 0 Å². The van der Waals surface area contributed by atoms with E-state index in [0.717, 1.165) is 37.3 Å². The van der Waals surface area contributed by atoms with Gasteiger partial charge < -0.3 is 4.98 Å². The predicted octanol–water partition coefficient (Wildman–Crippen LogP) is 2.59. The molecule has 0 spiro atoms. The molecule has 1 aromatic carbocycles. The topological polar surface area (TPSA) is 77.7 Å². The quantitative estimate of drug-likeness (QED) is 0.776. The number of aromatic amines is 2. The molecule has 2 aromatic heterocycles. The van der Waals surface area contributed by atoms with Gasteiger partial charge in [-0.15, -0.1) is 0 Å². The number of hydrogen-bond acceptors (Lipinski definition) is 4. The molecule has 24 heavy (non-hydrogen) atoms. The highest BCUT2D eigenvalue weighted by Gasteiger charge is 2.26. The minimum atomic E-state index is -0.0604. The molecule has 0 aliphatic carbocycles. The molecule has 2 N–H and O–H groups in total. The number of aromatic nitrogens is 4. The van der Waals surface area contributed by atoms with Gasteiger partial charge in [-0.3, -0.25) is 14.8 Å². The van der Waals surface area contributed by atoms with Crippen LogP contribution in [0, 0.1) is 0 Å². The van der Waals surface area contributed by atoms with Crippen LogP contribution in [0.15, 0.2) is 41.3 Å². The fourth-order valence-electron chi connectivity index (χ4n) is 3.57. The van der Waals surface area contributed by atoms with Crippen LogP contribution in [0.3, 0.4) is 0 Å². The average molecular weight is 323 g/mol. The highest BCUT2D eigenvalue weighted by Crippen LogP contribution is 2.30. The van der Waals surface area contributed by atoms with Crippen LogP contribution in [-0.2, 0) is 0 Å². The molecule has 0 bridgehead atoms. The monoisotopic (exact) mass is 323 g/mol. The van der Waals surface area contributed by atoms with E-state index < -0.39 is 0 Å². The lowest BCUT2D eigenvalue weighted by atomic mass is 9.93. The molecule has 4 rings (SSSR count). The molecule has 3 aromatic rings. The molecule has 1 aliphatic heterocycles. The Morgan fingerprint density at radius 3 is 2.75 bits per heavy atom. The van der Waals surface area contributed by atoms with Gasteiger partial charge in [0, 0.05) is 17.8 Å².